The molecule has 0 spiro atoms. The van der Waals surface area contributed by atoms with E-state index in [2.05, 4.69) is 10.3 Å². The number of hydrogen-bond donors (Lipinski definition) is 2. The molecule has 0 saturated carbocycles. The molecule has 66 valence electrons. The van der Waals surface area contributed by atoms with Gasteiger partial charge in [0.15, 0.2) is 0 Å². The lowest BCUT2D eigenvalue weighted by molar-refractivity contribution is 0.615. The van der Waals surface area contributed by atoms with Crippen molar-refractivity contribution in [3.8, 4) is 0 Å². The van der Waals surface area contributed by atoms with Gasteiger partial charge in [0, 0.05) is 12.1 Å². The Hall–Kier alpha value is -1.16. The van der Waals surface area contributed by atoms with Crippen LogP contribution in [0.3, 0.4) is 0 Å². The van der Waals surface area contributed by atoms with E-state index in [0.717, 1.165) is 12.7 Å². The molecule has 3 nitrogen and oxygen atoms in total. The van der Waals surface area contributed by atoms with Crippen LogP contribution in [0, 0.1) is 5.82 Å². The first kappa shape index (κ1) is 8.93. The van der Waals surface area contributed by atoms with Gasteiger partial charge in [-0.1, -0.05) is 6.92 Å². The van der Waals surface area contributed by atoms with Gasteiger partial charge in [-0.15, -0.1) is 0 Å². The van der Waals surface area contributed by atoms with Gasteiger partial charge < -0.3 is 11.1 Å². The number of pyridine rings is 1. The van der Waals surface area contributed by atoms with Gasteiger partial charge in [0.1, 0.15) is 11.6 Å². The molecule has 3 N–H and O–H groups in total. The lowest BCUT2D eigenvalue weighted by Crippen LogP contribution is -2.13. The van der Waals surface area contributed by atoms with Crippen LogP contribution in [0.1, 0.15) is 12.5 Å². The fourth-order valence-corrected chi connectivity index (χ4v) is 0.893. The van der Waals surface area contributed by atoms with Crippen LogP contribution >= 0.6 is 0 Å². The summed E-state index contributed by atoms with van der Waals surface area (Å²) in [6.45, 7) is 3.37. The van der Waals surface area contributed by atoms with Crippen molar-refractivity contribution in [3.05, 3.63) is 23.6 Å². The molecule has 1 heterocycles. The molecule has 0 aliphatic heterocycles. The predicted molar refractivity (Wildman–Crippen MR) is 46.0 cm³/mol. The molecule has 0 aromatic carbocycles. The Labute approximate surface area is 70.8 Å². The number of nitrogens with zero attached hydrogens (tertiary/aromatic N) is 1. The number of anilines is 1. The van der Waals surface area contributed by atoms with Crippen LogP contribution in [0.4, 0.5) is 10.2 Å². The highest BCUT2D eigenvalue weighted by Crippen LogP contribution is 2.08. The summed E-state index contributed by atoms with van der Waals surface area (Å²) in [4.78, 5) is 3.69. The highest BCUT2D eigenvalue weighted by Gasteiger charge is 2.00. The molecule has 0 aliphatic carbocycles. The second-order valence-electron chi connectivity index (χ2n) is 2.48. The molecule has 0 saturated heterocycles. The van der Waals surface area contributed by atoms with Crippen LogP contribution in [-0.4, -0.2) is 11.5 Å². The van der Waals surface area contributed by atoms with Gasteiger partial charge in [0.25, 0.3) is 0 Å². The van der Waals surface area contributed by atoms with Crippen molar-refractivity contribution in [3.63, 3.8) is 0 Å². The third kappa shape index (κ3) is 2.17. The molecule has 1 aromatic rings. The van der Waals surface area contributed by atoms with E-state index in [1.54, 1.807) is 0 Å². The number of rotatable bonds is 3. The number of nitrogens with two attached hydrogens (primary N) is 1. The molecular weight excluding hydrogens is 157 g/mol. The van der Waals surface area contributed by atoms with Crippen LogP contribution in [0.5, 0.6) is 0 Å². The van der Waals surface area contributed by atoms with E-state index in [1.165, 1.54) is 6.07 Å². The summed E-state index contributed by atoms with van der Waals surface area (Å²) in [5.41, 5.74) is 6.22. The maximum Gasteiger partial charge on any atom is 0.141 e. The lowest BCUT2D eigenvalue weighted by atomic mass is 10.2. The highest BCUT2D eigenvalue weighted by molar-refractivity contribution is 5.38. The van der Waals surface area contributed by atoms with E-state index in [0.29, 0.717) is 17.9 Å². The van der Waals surface area contributed by atoms with E-state index < -0.39 is 0 Å². The summed E-state index contributed by atoms with van der Waals surface area (Å²) >= 11 is 0. The molecule has 0 bridgehead atoms. The Morgan fingerprint density at radius 2 is 2.42 bits per heavy atom. The standard InChI is InChI=1S/C8H12FN3/c1-2-11-4-6-3-7(9)5-12-8(6)10/h3,5,11H,2,4H2,1H3,(H2,10,12). The Morgan fingerprint density at radius 3 is 3.08 bits per heavy atom. The SMILES string of the molecule is CCNCc1cc(F)cnc1N. The van der Waals surface area contributed by atoms with E-state index in [-0.39, 0.29) is 5.82 Å². The number of nitrogen functional groups attached to an aromatic ring is 1. The summed E-state index contributed by atoms with van der Waals surface area (Å²) < 4.78 is 12.6. The number of hydrogen-bond acceptors (Lipinski definition) is 3. The van der Waals surface area contributed by atoms with Gasteiger partial charge >= 0.3 is 0 Å². The Kier molecular flexibility index (Phi) is 2.99. The Balaban J connectivity index is 2.75. The fourth-order valence-electron chi connectivity index (χ4n) is 0.893. The summed E-state index contributed by atoms with van der Waals surface area (Å²) in [6.07, 6.45) is 1.12. The number of aromatic nitrogens is 1. The number of halogens is 1. The summed E-state index contributed by atoms with van der Waals surface area (Å²) in [5, 5.41) is 3.05. The third-order valence-electron chi connectivity index (χ3n) is 1.53. The van der Waals surface area contributed by atoms with Crippen LogP contribution in [0.2, 0.25) is 0 Å². The van der Waals surface area contributed by atoms with Crippen molar-refractivity contribution in [2.24, 2.45) is 0 Å². The van der Waals surface area contributed by atoms with Crippen molar-refractivity contribution in [1.29, 1.82) is 0 Å². The minimum absolute atomic E-state index is 0.350. The minimum Gasteiger partial charge on any atom is -0.383 e. The quantitative estimate of drug-likeness (QED) is 0.707. The topological polar surface area (TPSA) is 50.9 Å². The third-order valence-corrected chi connectivity index (χ3v) is 1.53. The molecule has 1 aromatic heterocycles. The average Bonchev–Trinajstić information content (AvgIpc) is 2.07. The molecule has 0 atom stereocenters. The summed E-state index contributed by atoms with van der Waals surface area (Å²) in [7, 11) is 0. The second-order valence-corrected chi connectivity index (χ2v) is 2.48. The zero-order valence-corrected chi connectivity index (χ0v) is 6.97. The maximum absolute atomic E-state index is 12.6. The van der Waals surface area contributed by atoms with E-state index in [4.69, 9.17) is 5.73 Å². The lowest BCUT2D eigenvalue weighted by Gasteiger charge is -2.04. The smallest absolute Gasteiger partial charge is 0.141 e. The van der Waals surface area contributed by atoms with Crippen LogP contribution in [0.25, 0.3) is 0 Å². The normalized spacial score (nSPS) is 10.2. The zero-order valence-electron chi connectivity index (χ0n) is 6.97. The van der Waals surface area contributed by atoms with Gasteiger partial charge in [-0.2, -0.15) is 0 Å². The first-order valence-corrected chi connectivity index (χ1v) is 3.84. The molecule has 0 fully saturated rings. The molecule has 0 aliphatic rings. The van der Waals surface area contributed by atoms with Crippen molar-refractivity contribution in [1.82, 2.24) is 10.3 Å². The number of nitrogens with one attached hydrogen (secondary N) is 1. The molecule has 0 unspecified atom stereocenters. The maximum atomic E-state index is 12.6. The van der Waals surface area contributed by atoms with Gasteiger partial charge in [-0.25, -0.2) is 9.37 Å². The van der Waals surface area contributed by atoms with Crippen LogP contribution in [-0.2, 0) is 6.54 Å². The summed E-state index contributed by atoms with van der Waals surface area (Å²) in [6, 6.07) is 1.39. The molecule has 4 heteroatoms. The predicted octanol–water partition coefficient (Wildman–Crippen LogP) is 0.912. The van der Waals surface area contributed by atoms with Gasteiger partial charge in [-0.3, -0.25) is 0 Å². The van der Waals surface area contributed by atoms with E-state index in [9.17, 15) is 4.39 Å². The van der Waals surface area contributed by atoms with E-state index in [1.807, 2.05) is 6.92 Å². The van der Waals surface area contributed by atoms with Gasteiger partial charge in [0.05, 0.1) is 6.20 Å². The van der Waals surface area contributed by atoms with Gasteiger partial charge in [0.2, 0.25) is 0 Å². The highest BCUT2D eigenvalue weighted by atomic mass is 19.1. The largest absolute Gasteiger partial charge is 0.383 e. The molecule has 1 rings (SSSR count). The van der Waals surface area contributed by atoms with Gasteiger partial charge in [-0.05, 0) is 12.6 Å². The van der Waals surface area contributed by atoms with E-state index >= 15 is 0 Å². The second kappa shape index (κ2) is 4.01. The monoisotopic (exact) mass is 169 g/mol. The van der Waals surface area contributed by atoms with Crippen molar-refractivity contribution in [2.75, 3.05) is 12.3 Å². The summed E-state index contributed by atoms with van der Waals surface area (Å²) in [5.74, 6) is 0.0365. The zero-order chi connectivity index (χ0) is 8.97. The van der Waals surface area contributed by atoms with Crippen LogP contribution in [0.15, 0.2) is 12.3 Å². The molecule has 0 amide bonds. The molecule has 0 radical (unpaired) electrons. The van der Waals surface area contributed by atoms with Crippen molar-refractivity contribution >= 4 is 5.82 Å². The Morgan fingerprint density at radius 1 is 1.67 bits per heavy atom. The Bertz CT molecular complexity index is 262. The van der Waals surface area contributed by atoms with Crippen LogP contribution < -0.4 is 11.1 Å². The fraction of sp³-hybridized carbons (Fsp3) is 0.375. The minimum atomic E-state index is -0.350. The molecular formula is C8H12FN3. The first-order chi connectivity index (χ1) is 5.74. The average molecular weight is 169 g/mol. The van der Waals surface area contributed by atoms with Crippen molar-refractivity contribution < 1.29 is 4.39 Å². The van der Waals surface area contributed by atoms with Crippen molar-refractivity contribution in [2.45, 2.75) is 13.5 Å². The first-order valence-electron chi connectivity index (χ1n) is 3.84. The molecule has 12 heavy (non-hydrogen) atoms.